The summed E-state index contributed by atoms with van der Waals surface area (Å²) in [5, 5.41) is 0. The summed E-state index contributed by atoms with van der Waals surface area (Å²) < 4.78 is -0.423. The summed E-state index contributed by atoms with van der Waals surface area (Å²) in [6.45, 7) is 6.79. The molecule has 0 radical (unpaired) electrons. The van der Waals surface area contributed by atoms with E-state index >= 15 is 0 Å². The van der Waals surface area contributed by atoms with Gasteiger partial charge in [0.25, 0.3) is 0 Å². The van der Waals surface area contributed by atoms with Gasteiger partial charge in [-0.15, -0.1) is 0 Å². The van der Waals surface area contributed by atoms with Crippen molar-refractivity contribution >= 4 is 21.8 Å². The van der Waals surface area contributed by atoms with Gasteiger partial charge in [-0.05, 0) is 20.3 Å². The number of hydrogen-bond acceptors (Lipinski definition) is 1. The van der Waals surface area contributed by atoms with Gasteiger partial charge in [0.2, 0.25) is 5.91 Å². The van der Waals surface area contributed by atoms with Gasteiger partial charge < -0.3 is 4.90 Å². The van der Waals surface area contributed by atoms with Gasteiger partial charge in [-0.25, -0.2) is 0 Å². The minimum atomic E-state index is -0.423. The Bertz CT molecular complexity index is 163. The van der Waals surface area contributed by atoms with Crippen molar-refractivity contribution in [1.29, 1.82) is 0 Å². The number of amides is 1. The lowest BCUT2D eigenvalue weighted by Gasteiger charge is -2.24. The quantitative estimate of drug-likeness (QED) is 0.542. The topological polar surface area (TPSA) is 20.3 Å². The van der Waals surface area contributed by atoms with E-state index in [-0.39, 0.29) is 5.91 Å². The predicted octanol–water partition coefficient (Wildman–Crippen LogP) is 2.81. The zero-order valence-corrected chi connectivity index (χ0v) is 10.6. The molecule has 13 heavy (non-hydrogen) atoms. The monoisotopic (exact) mass is 249 g/mol. The summed E-state index contributed by atoms with van der Waals surface area (Å²) in [6.07, 6.45) is 3.49. The smallest absolute Gasteiger partial charge is 0.238 e. The Morgan fingerprint density at radius 1 is 1.38 bits per heavy atom. The minimum absolute atomic E-state index is 0.156. The Morgan fingerprint density at radius 3 is 2.31 bits per heavy atom. The SMILES string of the molecule is CCCCCN(C)C(=O)C(C)(C)Br. The van der Waals surface area contributed by atoms with Crippen molar-refractivity contribution in [2.75, 3.05) is 13.6 Å². The summed E-state index contributed by atoms with van der Waals surface area (Å²) in [4.78, 5) is 13.4. The number of nitrogens with zero attached hydrogens (tertiary/aromatic N) is 1. The molecule has 0 aromatic carbocycles. The van der Waals surface area contributed by atoms with Gasteiger partial charge in [-0.3, -0.25) is 4.79 Å². The molecule has 0 rings (SSSR count). The Balaban J connectivity index is 3.84. The number of carbonyl (C=O) groups excluding carboxylic acids is 1. The van der Waals surface area contributed by atoms with Crippen LogP contribution in [0.5, 0.6) is 0 Å². The molecule has 3 heteroatoms. The van der Waals surface area contributed by atoms with E-state index in [0.29, 0.717) is 0 Å². The normalized spacial score (nSPS) is 11.5. The van der Waals surface area contributed by atoms with Crippen LogP contribution in [0.15, 0.2) is 0 Å². The fourth-order valence-corrected chi connectivity index (χ4v) is 1.46. The van der Waals surface area contributed by atoms with Crippen molar-refractivity contribution in [3.8, 4) is 0 Å². The second-order valence-corrected chi connectivity index (χ2v) is 5.89. The molecule has 0 aliphatic carbocycles. The third-order valence-electron chi connectivity index (χ3n) is 1.95. The molecule has 0 fully saturated rings. The van der Waals surface area contributed by atoms with E-state index in [1.807, 2.05) is 20.9 Å². The van der Waals surface area contributed by atoms with Gasteiger partial charge in [0.15, 0.2) is 0 Å². The zero-order chi connectivity index (χ0) is 10.5. The van der Waals surface area contributed by atoms with Crippen LogP contribution in [0.1, 0.15) is 40.0 Å². The van der Waals surface area contributed by atoms with Crippen LogP contribution in [0.2, 0.25) is 0 Å². The lowest BCUT2D eigenvalue weighted by Crippen LogP contribution is -2.39. The fraction of sp³-hybridized carbons (Fsp3) is 0.900. The lowest BCUT2D eigenvalue weighted by molar-refractivity contribution is -0.131. The number of unbranched alkanes of at least 4 members (excludes halogenated alkanes) is 2. The molecular weight excluding hydrogens is 230 g/mol. The van der Waals surface area contributed by atoms with Gasteiger partial charge in [0, 0.05) is 13.6 Å². The van der Waals surface area contributed by atoms with E-state index in [4.69, 9.17) is 0 Å². The summed E-state index contributed by atoms with van der Waals surface area (Å²) in [5.41, 5.74) is 0. The molecule has 0 aliphatic rings. The Morgan fingerprint density at radius 2 is 1.92 bits per heavy atom. The molecule has 0 unspecified atom stereocenters. The molecule has 0 spiro atoms. The van der Waals surface area contributed by atoms with Crippen molar-refractivity contribution in [1.82, 2.24) is 4.90 Å². The van der Waals surface area contributed by atoms with Crippen molar-refractivity contribution in [3.05, 3.63) is 0 Å². The van der Waals surface area contributed by atoms with Crippen LogP contribution in [0.4, 0.5) is 0 Å². The first-order valence-electron chi connectivity index (χ1n) is 4.84. The van der Waals surface area contributed by atoms with Crippen LogP contribution in [-0.2, 0) is 4.79 Å². The standard InChI is InChI=1S/C10H20BrNO/c1-5-6-7-8-12(4)9(13)10(2,3)11/h5-8H2,1-4H3. The third kappa shape index (κ3) is 5.29. The highest BCUT2D eigenvalue weighted by molar-refractivity contribution is 9.10. The summed E-state index contributed by atoms with van der Waals surface area (Å²) in [7, 11) is 1.86. The maximum absolute atomic E-state index is 11.6. The molecule has 0 heterocycles. The molecule has 0 aromatic heterocycles. The van der Waals surface area contributed by atoms with Crippen LogP contribution in [0.3, 0.4) is 0 Å². The molecule has 0 saturated heterocycles. The highest BCUT2D eigenvalue weighted by atomic mass is 79.9. The Kier molecular flexibility index (Phi) is 5.61. The molecule has 0 atom stereocenters. The van der Waals surface area contributed by atoms with Crippen LogP contribution in [0, 0.1) is 0 Å². The first kappa shape index (κ1) is 12.9. The molecular formula is C10H20BrNO. The van der Waals surface area contributed by atoms with Gasteiger partial charge in [0.05, 0.1) is 4.32 Å². The maximum atomic E-state index is 11.6. The predicted molar refractivity (Wildman–Crippen MR) is 60.2 cm³/mol. The van der Waals surface area contributed by atoms with E-state index < -0.39 is 4.32 Å². The van der Waals surface area contributed by atoms with Crippen LogP contribution >= 0.6 is 15.9 Å². The number of alkyl halides is 1. The Hall–Kier alpha value is -0.0500. The largest absolute Gasteiger partial charge is 0.345 e. The molecule has 0 N–H and O–H groups in total. The van der Waals surface area contributed by atoms with Crippen molar-refractivity contribution in [2.24, 2.45) is 0 Å². The first-order chi connectivity index (χ1) is 5.89. The number of rotatable bonds is 5. The van der Waals surface area contributed by atoms with E-state index in [1.165, 1.54) is 12.8 Å². The maximum Gasteiger partial charge on any atom is 0.238 e. The van der Waals surface area contributed by atoms with Gasteiger partial charge in [-0.1, -0.05) is 35.7 Å². The van der Waals surface area contributed by atoms with Gasteiger partial charge in [0.1, 0.15) is 0 Å². The highest BCUT2D eigenvalue weighted by Crippen LogP contribution is 2.18. The highest BCUT2D eigenvalue weighted by Gasteiger charge is 2.26. The second kappa shape index (κ2) is 5.63. The molecule has 2 nitrogen and oxygen atoms in total. The average Bonchev–Trinajstić information content (AvgIpc) is 2.01. The molecule has 0 aromatic rings. The number of carbonyl (C=O) groups is 1. The molecule has 0 aliphatic heterocycles. The van der Waals surface area contributed by atoms with E-state index in [2.05, 4.69) is 22.9 Å². The number of hydrogen-bond donors (Lipinski definition) is 0. The van der Waals surface area contributed by atoms with E-state index in [1.54, 1.807) is 4.90 Å². The van der Waals surface area contributed by atoms with E-state index in [9.17, 15) is 4.79 Å². The van der Waals surface area contributed by atoms with Gasteiger partial charge >= 0.3 is 0 Å². The average molecular weight is 250 g/mol. The van der Waals surface area contributed by atoms with Crippen LogP contribution in [-0.4, -0.2) is 28.7 Å². The first-order valence-corrected chi connectivity index (χ1v) is 5.63. The minimum Gasteiger partial charge on any atom is -0.345 e. The van der Waals surface area contributed by atoms with Crippen LogP contribution < -0.4 is 0 Å². The summed E-state index contributed by atoms with van der Waals surface area (Å²) in [6, 6.07) is 0. The Labute approximate surface area is 89.8 Å². The summed E-state index contributed by atoms with van der Waals surface area (Å²) in [5.74, 6) is 0.156. The van der Waals surface area contributed by atoms with Crippen molar-refractivity contribution in [2.45, 2.75) is 44.4 Å². The molecule has 0 bridgehead atoms. The summed E-state index contributed by atoms with van der Waals surface area (Å²) >= 11 is 3.36. The second-order valence-electron chi connectivity index (χ2n) is 3.91. The zero-order valence-electron chi connectivity index (χ0n) is 9.06. The van der Waals surface area contributed by atoms with Crippen molar-refractivity contribution < 1.29 is 4.79 Å². The molecule has 78 valence electrons. The van der Waals surface area contributed by atoms with E-state index in [0.717, 1.165) is 13.0 Å². The molecule has 0 saturated carbocycles. The van der Waals surface area contributed by atoms with Gasteiger partial charge in [-0.2, -0.15) is 0 Å². The third-order valence-corrected chi connectivity index (χ3v) is 2.29. The van der Waals surface area contributed by atoms with Crippen LogP contribution in [0.25, 0.3) is 0 Å². The number of halogens is 1. The lowest BCUT2D eigenvalue weighted by atomic mass is 10.2. The fourth-order valence-electron chi connectivity index (χ4n) is 1.15. The molecule has 1 amide bonds. The van der Waals surface area contributed by atoms with Crippen molar-refractivity contribution in [3.63, 3.8) is 0 Å².